The molecule has 2 aliphatic rings. The molecule has 6 N–H and O–H groups in total. The van der Waals surface area contributed by atoms with Crippen molar-refractivity contribution >= 4 is 58.9 Å². The van der Waals surface area contributed by atoms with Crippen LogP contribution in [0, 0.1) is 4.91 Å². The molecule has 1 saturated heterocycles. The maximum atomic E-state index is 13.0. The first kappa shape index (κ1) is 26.9. The SMILES string of the molecule is NCCSCc1ccncc1SC1=C(C(=O)O)N2C(=O)[C@@H](NC(=O)C(N=O)c3cccc(N)n3)[C@@H]2SC1. The van der Waals surface area contributed by atoms with E-state index in [1.807, 2.05) is 6.07 Å². The van der Waals surface area contributed by atoms with Crippen molar-refractivity contribution in [3.05, 3.63) is 63.4 Å². The second-order valence-electron chi connectivity index (χ2n) is 7.89. The van der Waals surface area contributed by atoms with Gasteiger partial charge in [0.1, 0.15) is 22.9 Å². The Hall–Kier alpha value is -3.14. The highest BCUT2D eigenvalue weighted by atomic mass is 32.2. The van der Waals surface area contributed by atoms with Gasteiger partial charge in [0, 0.05) is 46.0 Å². The second kappa shape index (κ2) is 11.9. The lowest BCUT2D eigenvalue weighted by Crippen LogP contribution is -2.70. The second-order valence-corrected chi connectivity index (χ2v) is 11.2. The average molecular weight is 562 g/mol. The molecular weight excluding hydrogens is 538 g/mol. The normalized spacial score (nSPS) is 19.6. The summed E-state index contributed by atoms with van der Waals surface area (Å²) in [6.45, 7) is 0.554. The summed E-state index contributed by atoms with van der Waals surface area (Å²) in [4.78, 5) is 60.0. The number of nitroso groups, excluding NO2 is 1. The van der Waals surface area contributed by atoms with E-state index in [-0.39, 0.29) is 17.2 Å². The van der Waals surface area contributed by atoms with E-state index in [2.05, 4.69) is 20.5 Å². The summed E-state index contributed by atoms with van der Waals surface area (Å²) >= 11 is 4.25. The van der Waals surface area contributed by atoms with Crippen LogP contribution in [0.15, 0.2) is 57.3 Å². The monoisotopic (exact) mass is 561 g/mol. The van der Waals surface area contributed by atoms with Crippen LogP contribution in [-0.2, 0) is 20.1 Å². The number of carbonyl (C=O) groups excluding carboxylic acids is 2. The van der Waals surface area contributed by atoms with E-state index in [4.69, 9.17) is 11.5 Å². The van der Waals surface area contributed by atoms with Crippen molar-refractivity contribution in [1.29, 1.82) is 0 Å². The topological polar surface area (TPSA) is 194 Å². The number of fused-ring (bicyclic) bond motifs is 1. The molecule has 194 valence electrons. The number of nitrogens with zero attached hydrogens (tertiary/aromatic N) is 4. The molecule has 1 unspecified atom stereocenters. The molecule has 12 nitrogen and oxygen atoms in total. The largest absolute Gasteiger partial charge is 0.477 e. The number of aliphatic carboxylic acids is 1. The summed E-state index contributed by atoms with van der Waals surface area (Å²) in [7, 11) is 0. The first-order chi connectivity index (χ1) is 17.8. The van der Waals surface area contributed by atoms with Crippen molar-refractivity contribution in [2.45, 2.75) is 28.1 Å². The molecule has 0 saturated carbocycles. The molecule has 1 fully saturated rings. The summed E-state index contributed by atoms with van der Waals surface area (Å²) in [5, 5.41) is 14.7. The highest BCUT2D eigenvalue weighted by molar-refractivity contribution is 8.06. The Morgan fingerprint density at radius 3 is 2.86 bits per heavy atom. The minimum atomic E-state index is -1.50. The lowest BCUT2D eigenvalue weighted by Gasteiger charge is -2.49. The summed E-state index contributed by atoms with van der Waals surface area (Å²) in [5.74, 6) is -0.744. The van der Waals surface area contributed by atoms with Gasteiger partial charge in [0.25, 0.3) is 11.8 Å². The van der Waals surface area contributed by atoms with Gasteiger partial charge in [-0.1, -0.05) is 17.8 Å². The van der Waals surface area contributed by atoms with Crippen LogP contribution < -0.4 is 16.8 Å². The molecule has 0 aromatic carbocycles. The zero-order chi connectivity index (χ0) is 26.5. The molecule has 0 bridgehead atoms. The van der Waals surface area contributed by atoms with Crippen molar-refractivity contribution in [2.24, 2.45) is 10.9 Å². The predicted molar refractivity (Wildman–Crippen MR) is 142 cm³/mol. The number of nitrogens with one attached hydrogen (secondary N) is 1. The summed E-state index contributed by atoms with van der Waals surface area (Å²) < 4.78 is 0. The third-order valence-corrected chi connectivity index (χ3v) is 9.16. The molecule has 3 atom stereocenters. The van der Waals surface area contributed by atoms with E-state index >= 15 is 0 Å². The van der Waals surface area contributed by atoms with E-state index in [0.717, 1.165) is 16.2 Å². The van der Waals surface area contributed by atoms with Crippen LogP contribution in [0.3, 0.4) is 0 Å². The van der Waals surface area contributed by atoms with Crippen LogP contribution in [0.4, 0.5) is 5.82 Å². The first-order valence-electron chi connectivity index (χ1n) is 11.0. The summed E-state index contributed by atoms with van der Waals surface area (Å²) in [5.41, 5.74) is 12.1. The van der Waals surface area contributed by atoms with Gasteiger partial charge in [0.2, 0.25) is 6.04 Å². The number of carboxylic acids is 1. The fraction of sp³-hybridized carbons (Fsp3) is 0.318. The van der Waals surface area contributed by atoms with Gasteiger partial charge < -0.3 is 21.9 Å². The fourth-order valence-electron chi connectivity index (χ4n) is 3.78. The zero-order valence-electron chi connectivity index (χ0n) is 19.3. The molecule has 0 spiro atoms. The van der Waals surface area contributed by atoms with Crippen molar-refractivity contribution in [2.75, 3.05) is 23.8 Å². The van der Waals surface area contributed by atoms with Gasteiger partial charge in [-0.25, -0.2) is 9.78 Å². The number of thioether (sulfide) groups is 3. The number of hydrogen-bond donors (Lipinski definition) is 4. The lowest BCUT2D eigenvalue weighted by molar-refractivity contribution is -0.150. The summed E-state index contributed by atoms with van der Waals surface area (Å²) in [6, 6.07) is 3.83. The standard InChI is InChI=1S/C22H23N7O5S3/c23-5-7-35-9-11-4-6-25-8-13(11)37-14-10-36-21-17(20(31)29(21)18(14)22(32)33)27-19(30)16(28-34)12-2-1-3-15(24)26-12/h1-4,6,8,16-17,21H,5,7,9-10,23H2,(H2,24,26)(H,27,30)(H,32,33)/t16?,17-,21+/m1/s1. The third kappa shape index (κ3) is 5.74. The van der Waals surface area contributed by atoms with E-state index in [1.165, 1.54) is 46.6 Å². The number of pyridine rings is 2. The smallest absolute Gasteiger partial charge is 0.353 e. The lowest BCUT2D eigenvalue weighted by atomic mass is 10.0. The van der Waals surface area contributed by atoms with Crippen LogP contribution in [0.2, 0.25) is 0 Å². The van der Waals surface area contributed by atoms with E-state index in [9.17, 15) is 24.4 Å². The molecule has 15 heteroatoms. The van der Waals surface area contributed by atoms with Gasteiger partial charge in [0.15, 0.2) is 0 Å². The first-order valence-corrected chi connectivity index (χ1v) is 14.0. The molecule has 2 aromatic heterocycles. The average Bonchev–Trinajstić information content (AvgIpc) is 2.88. The van der Waals surface area contributed by atoms with E-state index in [1.54, 1.807) is 24.2 Å². The molecule has 4 heterocycles. The van der Waals surface area contributed by atoms with Crippen LogP contribution in [-0.4, -0.2) is 67.2 Å². The number of anilines is 1. The van der Waals surface area contributed by atoms with E-state index < -0.39 is 35.2 Å². The Morgan fingerprint density at radius 2 is 2.16 bits per heavy atom. The van der Waals surface area contributed by atoms with Crippen molar-refractivity contribution in [1.82, 2.24) is 20.2 Å². The minimum absolute atomic E-state index is 0.0501. The maximum Gasteiger partial charge on any atom is 0.353 e. The van der Waals surface area contributed by atoms with Crippen LogP contribution in [0.5, 0.6) is 0 Å². The number of hydrogen-bond acceptors (Lipinski definition) is 12. The van der Waals surface area contributed by atoms with Gasteiger partial charge in [-0.05, 0) is 28.9 Å². The Balaban J connectivity index is 1.51. The molecule has 2 amide bonds. The van der Waals surface area contributed by atoms with Crippen LogP contribution in [0.1, 0.15) is 17.3 Å². The molecule has 0 radical (unpaired) electrons. The predicted octanol–water partition coefficient (Wildman–Crippen LogP) is 1.55. The molecule has 2 aliphatic heterocycles. The third-order valence-electron chi connectivity index (χ3n) is 5.48. The number of carbonyl (C=O) groups is 3. The Morgan fingerprint density at radius 1 is 1.35 bits per heavy atom. The summed E-state index contributed by atoms with van der Waals surface area (Å²) in [6.07, 6.45) is 3.34. The number of carboxylic acid groups (broad SMARTS) is 1. The quantitative estimate of drug-likeness (QED) is 0.176. The Labute approximate surface area is 224 Å². The number of amides is 2. The molecule has 37 heavy (non-hydrogen) atoms. The Bertz CT molecular complexity index is 1260. The fourth-order valence-corrected chi connectivity index (χ4v) is 7.22. The number of nitrogen functional groups attached to an aromatic ring is 1. The molecule has 0 aliphatic carbocycles. The highest BCUT2D eigenvalue weighted by Gasteiger charge is 2.54. The van der Waals surface area contributed by atoms with Crippen LogP contribution >= 0.6 is 35.3 Å². The highest BCUT2D eigenvalue weighted by Crippen LogP contribution is 2.46. The van der Waals surface area contributed by atoms with Gasteiger partial charge >= 0.3 is 5.97 Å². The van der Waals surface area contributed by atoms with Gasteiger partial charge in [-0.3, -0.25) is 19.5 Å². The number of β-lactam (4-membered cyclic amide) rings is 1. The molecular formula is C22H23N7O5S3. The molecule has 4 rings (SSSR count). The maximum absolute atomic E-state index is 13.0. The number of rotatable bonds is 11. The van der Waals surface area contributed by atoms with Gasteiger partial charge in [-0.15, -0.1) is 16.7 Å². The minimum Gasteiger partial charge on any atom is -0.477 e. The van der Waals surface area contributed by atoms with Crippen molar-refractivity contribution in [3.8, 4) is 0 Å². The Kier molecular flexibility index (Phi) is 8.68. The van der Waals surface area contributed by atoms with Gasteiger partial charge in [0.05, 0.1) is 5.69 Å². The molecule has 2 aromatic rings. The van der Waals surface area contributed by atoms with Crippen LogP contribution in [0.25, 0.3) is 0 Å². The number of aromatic nitrogens is 2. The zero-order valence-corrected chi connectivity index (χ0v) is 21.7. The van der Waals surface area contributed by atoms with Crippen molar-refractivity contribution in [3.63, 3.8) is 0 Å². The van der Waals surface area contributed by atoms with Crippen molar-refractivity contribution < 1.29 is 19.5 Å². The number of nitrogens with two attached hydrogens (primary N) is 2. The van der Waals surface area contributed by atoms with E-state index in [0.29, 0.717) is 23.0 Å². The van der Waals surface area contributed by atoms with Gasteiger partial charge in [-0.2, -0.15) is 11.8 Å².